The number of alkyl halides is 2. The molecule has 0 spiro atoms. The molecule has 0 fully saturated rings. The zero-order valence-corrected chi connectivity index (χ0v) is 11.5. The fourth-order valence-electron chi connectivity index (χ4n) is 1.44. The van der Waals surface area contributed by atoms with Gasteiger partial charge in [0.2, 0.25) is 5.76 Å². The zero-order chi connectivity index (χ0) is 15.6. The Labute approximate surface area is 127 Å². The van der Waals surface area contributed by atoms with Gasteiger partial charge in [0.25, 0.3) is 0 Å². The molecule has 0 radical (unpaired) electrons. The first-order chi connectivity index (χ1) is 9.84. The number of benzene rings is 1. The van der Waals surface area contributed by atoms with Crippen molar-refractivity contribution in [3.05, 3.63) is 45.6 Å². The first-order valence-electron chi connectivity index (χ1n) is 5.36. The van der Waals surface area contributed by atoms with Crippen molar-refractivity contribution in [1.82, 2.24) is 5.16 Å². The molecule has 1 aromatic carbocycles. The predicted molar refractivity (Wildman–Crippen MR) is 70.2 cm³/mol. The lowest BCUT2D eigenvalue weighted by Gasteiger charge is -2.16. The number of amides is 1. The third-order valence-electron chi connectivity index (χ3n) is 2.41. The van der Waals surface area contributed by atoms with Gasteiger partial charge in [-0.3, -0.25) is 4.79 Å². The molecule has 0 unspecified atom stereocenters. The lowest BCUT2D eigenvalue weighted by atomic mass is 10.1. The van der Waals surface area contributed by atoms with Gasteiger partial charge in [0.05, 0.1) is 10.6 Å². The van der Waals surface area contributed by atoms with Crippen molar-refractivity contribution in [2.24, 2.45) is 0 Å². The van der Waals surface area contributed by atoms with Crippen LogP contribution in [-0.2, 0) is 10.7 Å². The lowest BCUT2D eigenvalue weighted by molar-refractivity contribution is -0.140. The Hall–Kier alpha value is -2.17. The standard InChI is InChI=1S/C12H5Cl2F2N3O2/c13-6-1-2-9(14)8(3-6)12(15,16)11(20)18-10-4-7(5-17)21-19-10/h1-4H,(H,18,19,20). The van der Waals surface area contributed by atoms with Crippen molar-refractivity contribution in [2.45, 2.75) is 5.92 Å². The molecule has 0 aliphatic rings. The van der Waals surface area contributed by atoms with Crippen molar-refractivity contribution in [3.8, 4) is 6.07 Å². The molecule has 2 aromatic rings. The second-order valence-electron chi connectivity index (χ2n) is 3.84. The summed E-state index contributed by atoms with van der Waals surface area (Å²) >= 11 is 11.3. The minimum Gasteiger partial charge on any atom is -0.343 e. The molecule has 2 rings (SSSR count). The number of halogens is 4. The van der Waals surface area contributed by atoms with Crippen LogP contribution >= 0.6 is 23.2 Å². The monoisotopic (exact) mass is 331 g/mol. The quantitative estimate of drug-likeness (QED) is 0.932. The highest BCUT2D eigenvalue weighted by Gasteiger charge is 2.43. The van der Waals surface area contributed by atoms with Gasteiger partial charge in [0.15, 0.2) is 5.82 Å². The van der Waals surface area contributed by atoms with Crippen LogP contribution < -0.4 is 5.32 Å². The Morgan fingerprint density at radius 3 is 2.71 bits per heavy atom. The van der Waals surface area contributed by atoms with Gasteiger partial charge >= 0.3 is 11.8 Å². The van der Waals surface area contributed by atoms with Crippen molar-refractivity contribution < 1.29 is 18.1 Å². The summed E-state index contributed by atoms with van der Waals surface area (Å²) in [5, 5.41) is 13.3. The summed E-state index contributed by atoms with van der Waals surface area (Å²) in [5.41, 5.74) is -0.738. The Morgan fingerprint density at radius 2 is 2.10 bits per heavy atom. The van der Waals surface area contributed by atoms with Crippen LogP contribution in [-0.4, -0.2) is 11.1 Å². The van der Waals surface area contributed by atoms with Crippen LogP contribution in [0.1, 0.15) is 11.3 Å². The van der Waals surface area contributed by atoms with E-state index in [0.717, 1.165) is 18.2 Å². The largest absolute Gasteiger partial charge is 0.351 e. The predicted octanol–water partition coefficient (Wildman–Crippen LogP) is 3.58. The van der Waals surface area contributed by atoms with Gasteiger partial charge in [-0.2, -0.15) is 14.0 Å². The number of nitriles is 1. The number of carbonyl (C=O) groups excluding carboxylic acids is 1. The molecule has 0 saturated carbocycles. The molecular formula is C12H5Cl2F2N3O2. The van der Waals surface area contributed by atoms with Gasteiger partial charge in [-0.05, 0) is 18.2 Å². The van der Waals surface area contributed by atoms with E-state index in [2.05, 4.69) is 9.68 Å². The van der Waals surface area contributed by atoms with E-state index in [1.165, 1.54) is 6.07 Å². The molecule has 0 aliphatic heterocycles. The van der Waals surface area contributed by atoms with E-state index in [0.29, 0.717) is 0 Å². The van der Waals surface area contributed by atoms with Crippen LogP contribution in [0.3, 0.4) is 0 Å². The van der Waals surface area contributed by atoms with Crippen LogP contribution in [0.5, 0.6) is 0 Å². The second-order valence-corrected chi connectivity index (χ2v) is 4.68. The fourth-order valence-corrected chi connectivity index (χ4v) is 1.85. The maximum Gasteiger partial charge on any atom is 0.351 e. The van der Waals surface area contributed by atoms with Crippen LogP contribution in [0.4, 0.5) is 14.6 Å². The molecule has 0 aliphatic carbocycles. The maximum atomic E-state index is 14.1. The number of aromatic nitrogens is 1. The van der Waals surface area contributed by atoms with Crippen LogP contribution in [0.25, 0.3) is 0 Å². The van der Waals surface area contributed by atoms with Gasteiger partial charge in [-0.25, -0.2) is 0 Å². The highest BCUT2D eigenvalue weighted by molar-refractivity contribution is 6.34. The maximum absolute atomic E-state index is 14.1. The topological polar surface area (TPSA) is 78.9 Å². The average Bonchev–Trinajstić information content (AvgIpc) is 2.89. The van der Waals surface area contributed by atoms with Crippen molar-refractivity contribution in [3.63, 3.8) is 0 Å². The second kappa shape index (κ2) is 5.68. The Balaban J connectivity index is 2.28. The molecular weight excluding hydrogens is 327 g/mol. The van der Waals surface area contributed by atoms with Gasteiger partial charge in [0, 0.05) is 11.1 Å². The van der Waals surface area contributed by atoms with E-state index < -0.39 is 17.4 Å². The van der Waals surface area contributed by atoms with E-state index in [9.17, 15) is 13.6 Å². The van der Waals surface area contributed by atoms with Gasteiger partial charge in [0.1, 0.15) is 6.07 Å². The van der Waals surface area contributed by atoms with E-state index in [1.54, 1.807) is 6.07 Å². The Morgan fingerprint density at radius 1 is 1.38 bits per heavy atom. The van der Waals surface area contributed by atoms with E-state index >= 15 is 0 Å². The van der Waals surface area contributed by atoms with E-state index in [-0.39, 0.29) is 21.6 Å². The molecule has 1 heterocycles. The average molecular weight is 332 g/mol. The molecule has 0 saturated heterocycles. The third-order valence-corrected chi connectivity index (χ3v) is 2.98. The van der Waals surface area contributed by atoms with Gasteiger partial charge < -0.3 is 9.84 Å². The summed E-state index contributed by atoms with van der Waals surface area (Å²) in [5.74, 6) is -6.15. The van der Waals surface area contributed by atoms with Crippen molar-refractivity contribution in [2.75, 3.05) is 5.32 Å². The minimum absolute atomic E-state index is 0.00933. The molecule has 1 amide bonds. The fraction of sp³-hybridized carbons (Fsp3) is 0.0833. The van der Waals surface area contributed by atoms with E-state index in [1.807, 2.05) is 5.32 Å². The summed E-state index contributed by atoms with van der Waals surface area (Å²) < 4.78 is 32.6. The molecule has 0 bridgehead atoms. The molecule has 1 aromatic heterocycles. The van der Waals surface area contributed by atoms with Crippen LogP contribution in [0, 0.1) is 11.3 Å². The van der Waals surface area contributed by atoms with Gasteiger partial charge in [-0.1, -0.05) is 28.4 Å². The summed E-state index contributed by atoms with van der Waals surface area (Å²) in [4.78, 5) is 11.7. The highest BCUT2D eigenvalue weighted by Crippen LogP contribution is 2.36. The summed E-state index contributed by atoms with van der Waals surface area (Å²) in [6, 6.07) is 5.98. The number of nitrogens with zero attached hydrogens (tertiary/aromatic N) is 2. The normalized spacial score (nSPS) is 11.0. The highest BCUT2D eigenvalue weighted by atomic mass is 35.5. The molecule has 0 atom stereocenters. The molecule has 5 nitrogen and oxygen atoms in total. The molecule has 21 heavy (non-hydrogen) atoms. The summed E-state index contributed by atoms with van der Waals surface area (Å²) in [6.45, 7) is 0. The van der Waals surface area contributed by atoms with Crippen molar-refractivity contribution >= 4 is 34.9 Å². The van der Waals surface area contributed by atoms with Crippen LogP contribution in [0.15, 0.2) is 28.8 Å². The van der Waals surface area contributed by atoms with E-state index in [4.69, 9.17) is 28.5 Å². The number of anilines is 1. The summed E-state index contributed by atoms with van der Waals surface area (Å²) in [6.07, 6.45) is 0. The number of rotatable bonds is 3. The van der Waals surface area contributed by atoms with Crippen LogP contribution in [0.2, 0.25) is 10.0 Å². The lowest BCUT2D eigenvalue weighted by Crippen LogP contribution is -2.32. The first kappa shape index (κ1) is 15.2. The number of hydrogen-bond acceptors (Lipinski definition) is 4. The Kier molecular flexibility index (Phi) is 4.11. The molecule has 108 valence electrons. The van der Waals surface area contributed by atoms with Gasteiger partial charge in [-0.15, -0.1) is 0 Å². The zero-order valence-electron chi connectivity index (χ0n) is 10.0. The number of carbonyl (C=O) groups is 1. The summed E-state index contributed by atoms with van der Waals surface area (Å²) in [7, 11) is 0. The number of hydrogen-bond donors (Lipinski definition) is 1. The Bertz CT molecular complexity index is 740. The molecule has 1 N–H and O–H groups in total. The smallest absolute Gasteiger partial charge is 0.343 e. The SMILES string of the molecule is N#Cc1cc(NC(=O)C(F)(F)c2cc(Cl)ccc2Cl)no1. The first-order valence-corrected chi connectivity index (χ1v) is 6.12. The number of nitrogens with one attached hydrogen (secondary N) is 1. The van der Waals surface area contributed by atoms with Crippen molar-refractivity contribution in [1.29, 1.82) is 5.26 Å². The molecule has 9 heteroatoms. The minimum atomic E-state index is -3.94. The third kappa shape index (κ3) is 3.12.